The summed E-state index contributed by atoms with van der Waals surface area (Å²) in [6, 6.07) is 0. The zero-order valence-corrected chi connectivity index (χ0v) is 19.8. The largest absolute Gasteiger partial charge is 0.357 e. The lowest BCUT2D eigenvalue weighted by Crippen LogP contribution is -2.38. The van der Waals surface area contributed by atoms with Crippen molar-refractivity contribution in [3.63, 3.8) is 0 Å². The topological polar surface area (TPSA) is 52.6 Å². The van der Waals surface area contributed by atoms with E-state index < -0.39 is 0 Å². The molecule has 0 amide bonds. The average molecular weight is 494 g/mol. The van der Waals surface area contributed by atoms with Gasteiger partial charge in [0.1, 0.15) is 0 Å². The van der Waals surface area contributed by atoms with Crippen molar-refractivity contribution in [2.75, 3.05) is 39.3 Å². The zero-order chi connectivity index (χ0) is 17.9. The van der Waals surface area contributed by atoms with E-state index in [9.17, 15) is 0 Å². The molecule has 0 aliphatic carbocycles. The third kappa shape index (κ3) is 8.99. The van der Waals surface area contributed by atoms with Crippen molar-refractivity contribution < 1.29 is 0 Å². The van der Waals surface area contributed by atoms with Gasteiger partial charge in [0, 0.05) is 30.9 Å². The first-order valence-electron chi connectivity index (χ1n) is 9.86. The number of aryl methyl sites for hydroxylation is 2. The lowest BCUT2D eigenvalue weighted by Gasteiger charge is -2.19. The molecule has 0 radical (unpaired) electrons. The number of aromatic nitrogens is 1. The van der Waals surface area contributed by atoms with E-state index in [1.807, 2.05) is 0 Å². The molecule has 7 heteroatoms. The van der Waals surface area contributed by atoms with E-state index in [-0.39, 0.29) is 24.0 Å². The van der Waals surface area contributed by atoms with Crippen molar-refractivity contribution in [3.05, 3.63) is 15.6 Å². The normalized spacial score (nSPS) is 16.0. The van der Waals surface area contributed by atoms with E-state index in [1.54, 1.807) is 11.3 Å². The maximum absolute atomic E-state index is 4.74. The number of halogens is 1. The number of guanidine groups is 1. The third-order valence-corrected chi connectivity index (χ3v) is 5.72. The molecule has 1 fully saturated rings. The van der Waals surface area contributed by atoms with Crippen LogP contribution in [0.2, 0.25) is 0 Å². The van der Waals surface area contributed by atoms with Crippen LogP contribution in [-0.2, 0) is 6.42 Å². The predicted octanol–water partition coefficient (Wildman–Crippen LogP) is 3.74. The summed E-state index contributed by atoms with van der Waals surface area (Å²) in [6.07, 6.45) is 7.69. The van der Waals surface area contributed by atoms with Crippen molar-refractivity contribution in [3.8, 4) is 0 Å². The predicted molar refractivity (Wildman–Crippen MR) is 124 cm³/mol. The fraction of sp³-hybridized carbons (Fsp3) is 0.789. The minimum Gasteiger partial charge on any atom is -0.357 e. The lowest BCUT2D eigenvalue weighted by molar-refractivity contribution is 0.283. The third-order valence-electron chi connectivity index (χ3n) is 4.59. The van der Waals surface area contributed by atoms with Crippen LogP contribution in [0.4, 0.5) is 0 Å². The Bertz CT molecular complexity index is 524. The smallest absolute Gasteiger partial charge is 0.191 e. The second-order valence-electron chi connectivity index (χ2n) is 6.79. The van der Waals surface area contributed by atoms with Crippen LogP contribution in [0, 0.1) is 13.8 Å². The van der Waals surface area contributed by atoms with E-state index in [2.05, 4.69) is 41.3 Å². The second-order valence-corrected chi connectivity index (χ2v) is 8.08. The van der Waals surface area contributed by atoms with Gasteiger partial charge in [0.2, 0.25) is 0 Å². The Morgan fingerprint density at radius 3 is 2.50 bits per heavy atom. The molecule has 1 aromatic rings. The first-order chi connectivity index (χ1) is 12.2. The van der Waals surface area contributed by atoms with Gasteiger partial charge in [0.15, 0.2) is 5.96 Å². The first kappa shape index (κ1) is 23.6. The highest BCUT2D eigenvalue weighted by Gasteiger charge is 2.08. The minimum atomic E-state index is 0. The molecule has 5 nitrogen and oxygen atoms in total. The molecule has 0 bridgehead atoms. The van der Waals surface area contributed by atoms with Crippen LogP contribution in [0.5, 0.6) is 0 Å². The fourth-order valence-electron chi connectivity index (χ4n) is 3.29. The molecule has 1 saturated heterocycles. The molecular weight excluding hydrogens is 457 g/mol. The molecule has 1 aliphatic heterocycles. The van der Waals surface area contributed by atoms with Crippen molar-refractivity contribution >= 4 is 41.3 Å². The number of hydrogen-bond donors (Lipinski definition) is 2. The summed E-state index contributed by atoms with van der Waals surface area (Å²) in [5.41, 5.74) is 1.17. The standard InChI is InChI=1S/C19H35N5S.HI/c1-4-20-19(22-12-10-18-16(2)23-17(3)25-18)21-11-9-15-24-13-7-5-6-8-14-24;/h4-15H2,1-3H3,(H2,20,21,22);1H. The van der Waals surface area contributed by atoms with Gasteiger partial charge < -0.3 is 15.5 Å². The molecule has 2 N–H and O–H groups in total. The molecule has 0 atom stereocenters. The molecule has 0 saturated carbocycles. The van der Waals surface area contributed by atoms with Crippen molar-refractivity contribution in [1.82, 2.24) is 20.5 Å². The Balaban J connectivity index is 0.00000338. The summed E-state index contributed by atoms with van der Waals surface area (Å²) >= 11 is 1.80. The number of rotatable bonds is 8. The number of nitrogens with zero attached hydrogens (tertiary/aromatic N) is 3. The maximum atomic E-state index is 4.74. The molecule has 0 unspecified atom stereocenters. The van der Waals surface area contributed by atoms with Gasteiger partial charge in [0.25, 0.3) is 0 Å². The van der Waals surface area contributed by atoms with E-state index >= 15 is 0 Å². The summed E-state index contributed by atoms with van der Waals surface area (Å²) in [7, 11) is 0. The van der Waals surface area contributed by atoms with E-state index in [0.717, 1.165) is 43.4 Å². The molecule has 26 heavy (non-hydrogen) atoms. The Labute approximate surface area is 180 Å². The minimum absolute atomic E-state index is 0. The highest BCUT2D eigenvalue weighted by Crippen LogP contribution is 2.17. The molecule has 1 aliphatic rings. The lowest BCUT2D eigenvalue weighted by atomic mass is 10.2. The molecule has 150 valence electrons. The first-order valence-corrected chi connectivity index (χ1v) is 10.7. The summed E-state index contributed by atoms with van der Waals surface area (Å²) in [4.78, 5) is 13.2. The van der Waals surface area contributed by atoms with Gasteiger partial charge in [0.05, 0.1) is 10.7 Å². The Hall–Kier alpha value is -0.410. The molecule has 2 rings (SSSR count). The van der Waals surface area contributed by atoms with Crippen LogP contribution >= 0.6 is 35.3 Å². The number of hydrogen-bond acceptors (Lipinski definition) is 4. The van der Waals surface area contributed by atoms with E-state index in [4.69, 9.17) is 4.99 Å². The maximum Gasteiger partial charge on any atom is 0.191 e. The quantitative estimate of drug-likeness (QED) is 0.251. The van der Waals surface area contributed by atoms with Crippen molar-refractivity contribution in [2.45, 2.75) is 59.3 Å². The van der Waals surface area contributed by atoms with Crippen LogP contribution in [0.1, 0.15) is 54.6 Å². The molecule has 0 aromatic carbocycles. The van der Waals surface area contributed by atoms with Gasteiger partial charge in [-0.3, -0.25) is 4.99 Å². The van der Waals surface area contributed by atoms with Crippen LogP contribution < -0.4 is 10.6 Å². The average Bonchev–Trinajstić information content (AvgIpc) is 2.78. The molecule has 2 heterocycles. The van der Waals surface area contributed by atoms with Crippen LogP contribution in [0.3, 0.4) is 0 Å². The van der Waals surface area contributed by atoms with Gasteiger partial charge in [-0.15, -0.1) is 35.3 Å². The summed E-state index contributed by atoms with van der Waals surface area (Å²) < 4.78 is 0. The van der Waals surface area contributed by atoms with Gasteiger partial charge in [-0.2, -0.15) is 0 Å². The van der Waals surface area contributed by atoms with Gasteiger partial charge in [-0.05, 0) is 59.7 Å². The SMILES string of the molecule is CCNC(=NCCCN1CCCCCC1)NCCc1sc(C)nc1C.I. The molecule has 1 aromatic heterocycles. The number of thiazole rings is 1. The van der Waals surface area contributed by atoms with Crippen LogP contribution in [0.25, 0.3) is 0 Å². The summed E-state index contributed by atoms with van der Waals surface area (Å²) in [5.74, 6) is 0.942. The Kier molecular flexibility index (Phi) is 12.5. The zero-order valence-electron chi connectivity index (χ0n) is 16.6. The highest BCUT2D eigenvalue weighted by molar-refractivity contribution is 14.0. The van der Waals surface area contributed by atoms with Gasteiger partial charge in [-0.1, -0.05) is 12.8 Å². The number of nitrogens with one attached hydrogen (secondary N) is 2. The number of aliphatic imine (C=N–C) groups is 1. The van der Waals surface area contributed by atoms with E-state index in [1.165, 1.54) is 55.9 Å². The fourth-order valence-corrected chi connectivity index (χ4v) is 4.22. The second kappa shape index (κ2) is 13.7. The highest BCUT2D eigenvalue weighted by atomic mass is 127. The Morgan fingerprint density at radius 2 is 1.88 bits per heavy atom. The molecule has 0 spiro atoms. The molecular formula is C19H36IN5S. The van der Waals surface area contributed by atoms with Gasteiger partial charge in [-0.25, -0.2) is 4.98 Å². The van der Waals surface area contributed by atoms with Crippen LogP contribution in [0.15, 0.2) is 4.99 Å². The van der Waals surface area contributed by atoms with E-state index in [0.29, 0.717) is 0 Å². The van der Waals surface area contributed by atoms with Crippen molar-refractivity contribution in [1.29, 1.82) is 0 Å². The van der Waals surface area contributed by atoms with Gasteiger partial charge >= 0.3 is 0 Å². The van der Waals surface area contributed by atoms with Crippen LogP contribution in [-0.4, -0.2) is 55.1 Å². The van der Waals surface area contributed by atoms with Crippen molar-refractivity contribution in [2.24, 2.45) is 4.99 Å². The summed E-state index contributed by atoms with van der Waals surface area (Å²) in [6.45, 7) is 12.7. The monoisotopic (exact) mass is 493 g/mol. The number of likely N-dealkylation sites (tertiary alicyclic amines) is 1. The Morgan fingerprint density at radius 1 is 1.15 bits per heavy atom. The summed E-state index contributed by atoms with van der Waals surface area (Å²) in [5, 5.41) is 7.96.